The number of nitrogens with zero attached hydrogens (tertiary/aromatic N) is 3. The zero-order valence-corrected chi connectivity index (χ0v) is 14.3. The summed E-state index contributed by atoms with van der Waals surface area (Å²) in [5.41, 5.74) is 2.24. The van der Waals surface area contributed by atoms with E-state index in [1.54, 1.807) is 12.6 Å². The van der Waals surface area contributed by atoms with Crippen molar-refractivity contribution in [2.45, 2.75) is 24.4 Å². The van der Waals surface area contributed by atoms with Crippen LogP contribution in [0.5, 0.6) is 0 Å². The van der Waals surface area contributed by atoms with Crippen molar-refractivity contribution in [1.29, 1.82) is 0 Å². The van der Waals surface area contributed by atoms with E-state index in [-0.39, 0.29) is 5.63 Å². The fraction of sp³-hybridized carbons (Fsp3) is 0.167. The first-order valence-electron chi connectivity index (χ1n) is 7.75. The third-order valence-corrected chi connectivity index (χ3v) is 4.86. The molecule has 0 unspecified atom stereocenters. The van der Waals surface area contributed by atoms with E-state index in [0.29, 0.717) is 17.9 Å². The molecule has 3 heterocycles. The topological polar surface area (TPSA) is 74.1 Å². The van der Waals surface area contributed by atoms with Crippen molar-refractivity contribution in [2.75, 3.05) is 0 Å². The van der Waals surface area contributed by atoms with Crippen LogP contribution in [0.1, 0.15) is 16.9 Å². The van der Waals surface area contributed by atoms with Gasteiger partial charge in [0.25, 0.3) is 0 Å². The van der Waals surface area contributed by atoms with E-state index in [9.17, 15) is 4.79 Å². The van der Waals surface area contributed by atoms with Gasteiger partial charge in [0.1, 0.15) is 17.7 Å². The molecule has 4 rings (SSSR count). The molecule has 25 heavy (non-hydrogen) atoms. The second kappa shape index (κ2) is 6.60. The Bertz CT molecular complexity index is 1070. The van der Waals surface area contributed by atoms with Crippen LogP contribution in [-0.4, -0.2) is 14.8 Å². The molecule has 0 saturated heterocycles. The molecule has 0 fully saturated rings. The highest BCUT2D eigenvalue weighted by molar-refractivity contribution is 7.98. The Morgan fingerprint density at radius 2 is 2.16 bits per heavy atom. The van der Waals surface area contributed by atoms with Gasteiger partial charge in [0.2, 0.25) is 0 Å². The standard InChI is InChI=1S/C18H15N3O3S/c1-12-4-5-15-13(8-17(22)24-16(15)7-12)10-25-18-20-19-11-21(18)9-14-3-2-6-23-14/h2-8,11H,9-10H2,1H3. The molecule has 1 aromatic carbocycles. The molecule has 0 aliphatic carbocycles. The summed E-state index contributed by atoms with van der Waals surface area (Å²) in [6.07, 6.45) is 3.32. The number of benzene rings is 1. The molecule has 0 aliphatic rings. The first kappa shape index (κ1) is 15.7. The summed E-state index contributed by atoms with van der Waals surface area (Å²) >= 11 is 1.52. The van der Waals surface area contributed by atoms with Gasteiger partial charge in [0.15, 0.2) is 5.16 Å². The largest absolute Gasteiger partial charge is 0.467 e. The van der Waals surface area contributed by atoms with Crippen molar-refractivity contribution < 1.29 is 8.83 Å². The highest BCUT2D eigenvalue weighted by atomic mass is 32.2. The SMILES string of the molecule is Cc1ccc2c(CSc3nncn3Cc3ccco3)cc(=O)oc2c1. The van der Waals surface area contributed by atoms with Gasteiger partial charge in [0.05, 0.1) is 12.8 Å². The normalized spacial score (nSPS) is 11.2. The van der Waals surface area contributed by atoms with E-state index in [1.807, 2.05) is 41.8 Å². The number of aryl methyl sites for hydroxylation is 1. The molecule has 0 spiro atoms. The minimum absolute atomic E-state index is 0.342. The van der Waals surface area contributed by atoms with Gasteiger partial charge in [-0.05, 0) is 36.2 Å². The van der Waals surface area contributed by atoms with Crippen LogP contribution in [0.4, 0.5) is 0 Å². The molecule has 0 N–H and O–H groups in total. The van der Waals surface area contributed by atoms with E-state index in [0.717, 1.165) is 27.4 Å². The average Bonchev–Trinajstić information content (AvgIpc) is 3.24. The van der Waals surface area contributed by atoms with Crippen molar-refractivity contribution in [3.8, 4) is 0 Å². The molecule has 0 atom stereocenters. The molecule has 0 aliphatic heterocycles. The minimum Gasteiger partial charge on any atom is -0.467 e. The monoisotopic (exact) mass is 353 g/mol. The molecule has 0 radical (unpaired) electrons. The fourth-order valence-electron chi connectivity index (χ4n) is 2.63. The van der Waals surface area contributed by atoms with E-state index in [4.69, 9.17) is 8.83 Å². The summed E-state index contributed by atoms with van der Waals surface area (Å²) < 4.78 is 12.6. The zero-order chi connectivity index (χ0) is 17.2. The number of rotatable bonds is 5. The van der Waals surface area contributed by atoms with Gasteiger partial charge < -0.3 is 13.4 Å². The van der Waals surface area contributed by atoms with Crippen molar-refractivity contribution in [3.05, 3.63) is 76.3 Å². The lowest BCUT2D eigenvalue weighted by atomic mass is 10.1. The third kappa shape index (κ3) is 3.36. The summed E-state index contributed by atoms with van der Waals surface area (Å²) in [5.74, 6) is 1.44. The second-order valence-corrected chi connectivity index (χ2v) is 6.64. The molecule has 0 saturated carbocycles. The van der Waals surface area contributed by atoms with Crippen LogP contribution < -0.4 is 5.63 Å². The van der Waals surface area contributed by atoms with Gasteiger partial charge in [-0.3, -0.25) is 0 Å². The maximum Gasteiger partial charge on any atom is 0.336 e. The minimum atomic E-state index is -0.342. The maximum absolute atomic E-state index is 11.8. The molecule has 6 nitrogen and oxygen atoms in total. The van der Waals surface area contributed by atoms with Crippen molar-refractivity contribution in [3.63, 3.8) is 0 Å². The third-order valence-electron chi connectivity index (χ3n) is 3.83. The van der Waals surface area contributed by atoms with Crippen LogP contribution in [0.2, 0.25) is 0 Å². The predicted molar refractivity (Wildman–Crippen MR) is 94.6 cm³/mol. The number of aromatic nitrogens is 3. The number of furan rings is 1. The molecule has 3 aromatic heterocycles. The molecule has 4 aromatic rings. The van der Waals surface area contributed by atoms with Gasteiger partial charge in [-0.2, -0.15) is 0 Å². The molecule has 0 amide bonds. The lowest BCUT2D eigenvalue weighted by Gasteiger charge is -2.07. The van der Waals surface area contributed by atoms with Gasteiger partial charge in [-0.15, -0.1) is 10.2 Å². The number of hydrogen-bond donors (Lipinski definition) is 0. The smallest absolute Gasteiger partial charge is 0.336 e. The highest BCUT2D eigenvalue weighted by Crippen LogP contribution is 2.26. The fourth-order valence-corrected chi connectivity index (χ4v) is 3.54. The van der Waals surface area contributed by atoms with E-state index >= 15 is 0 Å². The van der Waals surface area contributed by atoms with Crippen molar-refractivity contribution in [1.82, 2.24) is 14.8 Å². The number of thioether (sulfide) groups is 1. The van der Waals surface area contributed by atoms with Crippen LogP contribution in [0.3, 0.4) is 0 Å². The molecule has 0 bridgehead atoms. The average molecular weight is 353 g/mol. The first-order chi connectivity index (χ1) is 12.2. The molecule has 126 valence electrons. The van der Waals surface area contributed by atoms with E-state index < -0.39 is 0 Å². The zero-order valence-electron chi connectivity index (χ0n) is 13.5. The second-order valence-electron chi connectivity index (χ2n) is 5.70. The lowest BCUT2D eigenvalue weighted by molar-refractivity contribution is 0.484. The van der Waals surface area contributed by atoms with Gasteiger partial charge >= 0.3 is 5.63 Å². The Hall–Kier alpha value is -2.80. The Labute approximate surface area is 147 Å². The molecular weight excluding hydrogens is 338 g/mol. The first-order valence-corrected chi connectivity index (χ1v) is 8.74. The van der Waals surface area contributed by atoms with Gasteiger partial charge in [-0.25, -0.2) is 4.79 Å². The van der Waals surface area contributed by atoms with E-state index in [2.05, 4.69) is 10.2 Å². The molecular formula is C18H15N3O3S. The summed E-state index contributed by atoms with van der Waals surface area (Å²) in [7, 11) is 0. The maximum atomic E-state index is 11.8. The predicted octanol–water partition coefficient (Wildman–Crippen LogP) is 3.63. The van der Waals surface area contributed by atoms with Gasteiger partial charge in [0, 0.05) is 17.2 Å². The van der Waals surface area contributed by atoms with Crippen molar-refractivity contribution >= 4 is 22.7 Å². The highest BCUT2D eigenvalue weighted by Gasteiger charge is 2.11. The van der Waals surface area contributed by atoms with Crippen LogP contribution in [-0.2, 0) is 12.3 Å². The van der Waals surface area contributed by atoms with E-state index in [1.165, 1.54) is 17.8 Å². The van der Waals surface area contributed by atoms with Crippen LogP contribution in [0.25, 0.3) is 11.0 Å². The van der Waals surface area contributed by atoms with Crippen LogP contribution in [0, 0.1) is 6.92 Å². The Morgan fingerprint density at radius 1 is 1.24 bits per heavy atom. The summed E-state index contributed by atoms with van der Waals surface area (Å²) in [4.78, 5) is 11.8. The Balaban J connectivity index is 1.59. The van der Waals surface area contributed by atoms with Gasteiger partial charge in [-0.1, -0.05) is 23.9 Å². The van der Waals surface area contributed by atoms with Crippen LogP contribution >= 0.6 is 11.8 Å². The van der Waals surface area contributed by atoms with Crippen molar-refractivity contribution in [2.24, 2.45) is 0 Å². The quantitative estimate of drug-likeness (QED) is 0.403. The molecule has 7 heteroatoms. The summed E-state index contributed by atoms with van der Waals surface area (Å²) in [6, 6.07) is 11.2. The number of fused-ring (bicyclic) bond motifs is 1. The Morgan fingerprint density at radius 3 is 3.00 bits per heavy atom. The lowest BCUT2D eigenvalue weighted by Crippen LogP contribution is -2.02. The Kier molecular flexibility index (Phi) is 4.15. The number of hydrogen-bond acceptors (Lipinski definition) is 6. The summed E-state index contributed by atoms with van der Waals surface area (Å²) in [6.45, 7) is 2.54. The summed E-state index contributed by atoms with van der Waals surface area (Å²) in [5, 5.41) is 9.85. The van der Waals surface area contributed by atoms with Crippen LogP contribution in [0.15, 0.2) is 67.8 Å².